The van der Waals surface area contributed by atoms with Crippen molar-refractivity contribution in [3.05, 3.63) is 23.8 Å². The van der Waals surface area contributed by atoms with Crippen LogP contribution in [-0.2, 0) is 0 Å². The normalized spacial score (nSPS) is 31.5. The Hall–Kier alpha value is -0.560. The number of aliphatic hydroxyl groups is 1. The van der Waals surface area contributed by atoms with Crippen LogP contribution < -0.4 is 0 Å². The highest BCUT2D eigenvalue weighted by Gasteiger charge is 2.29. The third-order valence-electron chi connectivity index (χ3n) is 2.53. The Bertz CT molecular complexity index is 244. The third-order valence-corrected chi connectivity index (χ3v) is 2.53. The minimum atomic E-state index is -0.686. The fourth-order valence-electron chi connectivity index (χ4n) is 1.68. The molecule has 0 aromatic heterocycles. The quantitative estimate of drug-likeness (QED) is 0.615. The van der Waals surface area contributed by atoms with E-state index in [-0.39, 0.29) is 5.41 Å². The van der Waals surface area contributed by atoms with Gasteiger partial charge in [-0.2, -0.15) is 0 Å². The molecule has 0 amide bonds. The summed E-state index contributed by atoms with van der Waals surface area (Å²) in [5.74, 6) is 0. The SMILES string of the molecule is CC(C)=CC1(O)C=CC(C)(C)CC1. The Labute approximate surface area is 81.2 Å². The lowest BCUT2D eigenvalue weighted by molar-refractivity contribution is 0.107. The van der Waals surface area contributed by atoms with Gasteiger partial charge in [-0.15, -0.1) is 0 Å². The van der Waals surface area contributed by atoms with Gasteiger partial charge < -0.3 is 5.11 Å². The molecule has 0 radical (unpaired) electrons. The molecule has 0 saturated carbocycles. The van der Waals surface area contributed by atoms with E-state index in [0.717, 1.165) is 12.8 Å². The average Bonchev–Trinajstić information content (AvgIpc) is 1.95. The molecule has 1 nitrogen and oxygen atoms in total. The summed E-state index contributed by atoms with van der Waals surface area (Å²) in [6.45, 7) is 8.44. The van der Waals surface area contributed by atoms with Crippen LogP contribution in [-0.4, -0.2) is 10.7 Å². The van der Waals surface area contributed by atoms with Crippen molar-refractivity contribution < 1.29 is 5.11 Å². The second-order valence-electron chi connectivity index (χ2n) is 5.03. The Morgan fingerprint density at radius 2 is 1.85 bits per heavy atom. The van der Waals surface area contributed by atoms with E-state index in [1.807, 2.05) is 26.0 Å². The lowest BCUT2D eigenvalue weighted by Crippen LogP contribution is -2.30. The largest absolute Gasteiger partial charge is 0.382 e. The van der Waals surface area contributed by atoms with Gasteiger partial charge in [0.15, 0.2) is 0 Å². The smallest absolute Gasteiger partial charge is 0.101 e. The van der Waals surface area contributed by atoms with E-state index < -0.39 is 5.60 Å². The summed E-state index contributed by atoms with van der Waals surface area (Å²) < 4.78 is 0. The highest BCUT2D eigenvalue weighted by atomic mass is 16.3. The monoisotopic (exact) mass is 180 g/mol. The first-order chi connectivity index (χ1) is 5.83. The Balaban J connectivity index is 2.82. The van der Waals surface area contributed by atoms with E-state index in [0.29, 0.717) is 0 Å². The van der Waals surface area contributed by atoms with Crippen molar-refractivity contribution in [2.24, 2.45) is 5.41 Å². The number of hydrogen-bond acceptors (Lipinski definition) is 1. The molecule has 1 unspecified atom stereocenters. The fourth-order valence-corrected chi connectivity index (χ4v) is 1.68. The summed E-state index contributed by atoms with van der Waals surface area (Å²) in [5.41, 5.74) is 0.739. The lowest BCUT2D eigenvalue weighted by Gasteiger charge is -2.33. The number of hydrogen-bond donors (Lipinski definition) is 1. The van der Waals surface area contributed by atoms with Gasteiger partial charge in [0.2, 0.25) is 0 Å². The van der Waals surface area contributed by atoms with Gasteiger partial charge >= 0.3 is 0 Å². The summed E-state index contributed by atoms with van der Waals surface area (Å²) in [5, 5.41) is 10.1. The van der Waals surface area contributed by atoms with Crippen molar-refractivity contribution in [2.75, 3.05) is 0 Å². The Kier molecular flexibility index (Phi) is 2.67. The van der Waals surface area contributed by atoms with Crippen LogP contribution in [0.1, 0.15) is 40.5 Å². The van der Waals surface area contributed by atoms with Crippen LogP contribution in [0.15, 0.2) is 23.8 Å². The zero-order valence-electron chi connectivity index (χ0n) is 9.09. The molecule has 1 atom stereocenters. The van der Waals surface area contributed by atoms with Crippen LogP contribution >= 0.6 is 0 Å². The molecule has 1 rings (SSSR count). The second-order valence-corrected chi connectivity index (χ2v) is 5.03. The zero-order chi connectivity index (χ0) is 10.1. The maximum Gasteiger partial charge on any atom is 0.101 e. The first-order valence-corrected chi connectivity index (χ1v) is 4.92. The van der Waals surface area contributed by atoms with Crippen molar-refractivity contribution >= 4 is 0 Å². The Morgan fingerprint density at radius 3 is 2.23 bits per heavy atom. The molecular formula is C12H20O. The maximum absolute atomic E-state index is 10.1. The molecular weight excluding hydrogens is 160 g/mol. The molecule has 0 aromatic rings. The van der Waals surface area contributed by atoms with Crippen LogP contribution in [0.25, 0.3) is 0 Å². The summed E-state index contributed by atoms with van der Waals surface area (Å²) >= 11 is 0. The van der Waals surface area contributed by atoms with Gasteiger partial charge in [0.1, 0.15) is 5.60 Å². The second kappa shape index (κ2) is 3.30. The van der Waals surface area contributed by atoms with E-state index in [1.54, 1.807) is 0 Å². The zero-order valence-corrected chi connectivity index (χ0v) is 9.09. The molecule has 0 spiro atoms. The Morgan fingerprint density at radius 1 is 1.23 bits per heavy atom. The third kappa shape index (κ3) is 3.00. The molecule has 0 aliphatic heterocycles. The highest BCUT2D eigenvalue weighted by molar-refractivity contribution is 5.21. The van der Waals surface area contributed by atoms with Gasteiger partial charge in [0.25, 0.3) is 0 Å². The standard InChI is InChI=1S/C12H20O/c1-10(2)9-12(13)7-5-11(3,4)6-8-12/h5,7,9,13H,6,8H2,1-4H3. The van der Waals surface area contributed by atoms with Crippen LogP contribution in [0.4, 0.5) is 0 Å². The maximum atomic E-state index is 10.1. The average molecular weight is 180 g/mol. The van der Waals surface area contributed by atoms with Crippen LogP contribution in [0.2, 0.25) is 0 Å². The van der Waals surface area contributed by atoms with E-state index in [1.165, 1.54) is 5.57 Å². The molecule has 0 bridgehead atoms. The van der Waals surface area contributed by atoms with Crippen molar-refractivity contribution in [1.82, 2.24) is 0 Å². The van der Waals surface area contributed by atoms with Gasteiger partial charge in [-0.3, -0.25) is 0 Å². The van der Waals surface area contributed by atoms with Crippen molar-refractivity contribution in [2.45, 2.75) is 46.1 Å². The molecule has 0 heterocycles. The van der Waals surface area contributed by atoms with Gasteiger partial charge in [-0.1, -0.05) is 37.6 Å². The van der Waals surface area contributed by atoms with Crippen LogP contribution in [0.5, 0.6) is 0 Å². The molecule has 1 aliphatic rings. The number of allylic oxidation sites excluding steroid dienone is 2. The van der Waals surface area contributed by atoms with Gasteiger partial charge in [0, 0.05) is 0 Å². The van der Waals surface area contributed by atoms with Crippen LogP contribution in [0, 0.1) is 5.41 Å². The molecule has 13 heavy (non-hydrogen) atoms. The predicted octanol–water partition coefficient (Wildman–Crippen LogP) is 3.06. The van der Waals surface area contributed by atoms with E-state index in [2.05, 4.69) is 19.9 Å². The summed E-state index contributed by atoms with van der Waals surface area (Å²) in [4.78, 5) is 0. The van der Waals surface area contributed by atoms with Crippen LogP contribution in [0.3, 0.4) is 0 Å². The minimum Gasteiger partial charge on any atom is -0.382 e. The van der Waals surface area contributed by atoms with Crippen molar-refractivity contribution in [3.8, 4) is 0 Å². The van der Waals surface area contributed by atoms with E-state index in [9.17, 15) is 5.11 Å². The molecule has 0 fully saturated rings. The summed E-state index contributed by atoms with van der Waals surface area (Å²) in [6.07, 6.45) is 7.88. The van der Waals surface area contributed by atoms with Gasteiger partial charge in [-0.05, 0) is 32.1 Å². The van der Waals surface area contributed by atoms with E-state index in [4.69, 9.17) is 0 Å². The summed E-state index contributed by atoms with van der Waals surface area (Å²) in [7, 11) is 0. The molecule has 1 N–H and O–H groups in total. The predicted molar refractivity (Wildman–Crippen MR) is 56.5 cm³/mol. The summed E-state index contributed by atoms with van der Waals surface area (Å²) in [6, 6.07) is 0. The number of rotatable bonds is 1. The highest BCUT2D eigenvalue weighted by Crippen LogP contribution is 2.35. The first-order valence-electron chi connectivity index (χ1n) is 4.92. The molecule has 1 heteroatoms. The first kappa shape index (κ1) is 10.5. The molecule has 0 saturated heterocycles. The minimum absolute atomic E-state index is 0.252. The van der Waals surface area contributed by atoms with Gasteiger partial charge in [0.05, 0.1) is 0 Å². The molecule has 1 aliphatic carbocycles. The van der Waals surface area contributed by atoms with Crippen molar-refractivity contribution in [1.29, 1.82) is 0 Å². The van der Waals surface area contributed by atoms with E-state index >= 15 is 0 Å². The molecule has 74 valence electrons. The topological polar surface area (TPSA) is 20.2 Å². The van der Waals surface area contributed by atoms with Crippen molar-refractivity contribution in [3.63, 3.8) is 0 Å². The lowest BCUT2D eigenvalue weighted by atomic mass is 9.76. The van der Waals surface area contributed by atoms with Gasteiger partial charge in [-0.25, -0.2) is 0 Å². The fraction of sp³-hybridized carbons (Fsp3) is 0.667. The molecule has 0 aromatic carbocycles.